The molecule has 1 aliphatic heterocycles. The molecule has 0 saturated heterocycles. The Hall–Kier alpha value is -2.09. The Morgan fingerprint density at radius 1 is 1.21 bits per heavy atom. The Balaban J connectivity index is 0.00000768. The molecule has 47 heavy (non-hydrogen) atoms. The van der Waals surface area contributed by atoms with Gasteiger partial charge in [-0.3, -0.25) is 9.52 Å². The van der Waals surface area contributed by atoms with E-state index in [9.17, 15) is 39.6 Å². The fraction of sp³-hybridized carbons (Fsp3) is 0.515. The molecule has 1 aromatic rings. The Bertz CT molecular complexity index is 1300. The average Bonchev–Trinajstić information content (AvgIpc) is 3.01. The molecule has 3 rings (SSSR count). The summed E-state index contributed by atoms with van der Waals surface area (Å²) in [5.41, 5.74) is -1.44. The van der Waals surface area contributed by atoms with E-state index in [-0.39, 0.29) is 67.1 Å². The van der Waals surface area contributed by atoms with Crippen molar-refractivity contribution in [3.8, 4) is 0 Å². The number of benzene rings is 1. The Labute approximate surface area is 298 Å². The maximum absolute atomic E-state index is 12.3. The molecule has 0 bridgehead atoms. The van der Waals surface area contributed by atoms with Crippen molar-refractivity contribution in [3.05, 3.63) is 84.5 Å². The number of aliphatic hydroxyl groups excluding tert-OH is 2. The Morgan fingerprint density at radius 3 is 2.64 bits per heavy atom. The molecular weight excluding hydrogens is 640 g/mol. The van der Waals surface area contributed by atoms with Crippen LogP contribution in [-0.4, -0.2) is 73.7 Å². The molecule has 0 amide bonds. The molecule has 0 spiro atoms. The topological polar surface area (TPSA) is 198 Å². The van der Waals surface area contributed by atoms with Crippen LogP contribution in [0.4, 0.5) is 0 Å². The third-order valence-electron chi connectivity index (χ3n) is 7.95. The van der Waals surface area contributed by atoms with E-state index in [0.717, 1.165) is 24.8 Å². The maximum atomic E-state index is 12.3. The van der Waals surface area contributed by atoms with Crippen LogP contribution in [0.25, 0.3) is 0 Å². The van der Waals surface area contributed by atoms with Crippen molar-refractivity contribution < 1.29 is 83.1 Å². The van der Waals surface area contributed by atoms with Gasteiger partial charge in [-0.1, -0.05) is 80.1 Å². The number of carbonyl (C=O) groups is 1. The van der Waals surface area contributed by atoms with Gasteiger partial charge < -0.3 is 39.7 Å². The number of phosphoric acid groups is 1. The first kappa shape index (κ1) is 41.1. The van der Waals surface area contributed by atoms with Gasteiger partial charge in [0.1, 0.15) is 23.9 Å². The van der Waals surface area contributed by atoms with Crippen molar-refractivity contribution >= 4 is 19.9 Å². The molecule has 254 valence electrons. The van der Waals surface area contributed by atoms with E-state index in [0.29, 0.717) is 12.8 Å². The number of rotatable bonds is 16. The zero-order valence-electron chi connectivity index (χ0n) is 26.9. The summed E-state index contributed by atoms with van der Waals surface area (Å²) < 4.78 is 27.6. The summed E-state index contributed by atoms with van der Waals surface area (Å²) in [6.45, 7) is 1.54. The van der Waals surface area contributed by atoms with E-state index in [2.05, 4.69) is 4.99 Å². The number of ether oxygens (including phenoxy) is 2. The zero-order valence-corrected chi connectivity index (χ0v) is 29.8. The molecule has 2 aliphatic rings. The molecule has 0 radical (unpaired) electrons. The van der Waals surface area contributed by atoms with Gasteiger partial charge in [-0.25, -0.2) is 9.36 Å². The number of esters is 1. The summed E-state index contributed by atoms with van der Waals surface area (Å²) in [6.07, 6.45) is 10.3. The number of nitrogens with zero attached hydrogens (tertiary/aromatic N) is 1. The summed E-state index contributed by atoms with van der Waals surface area (Å²) >= 11 is 0. The van der Waals surface area contributed by atoms with Gasteiger partial charge in [0, 0.05) is 38.0 Å². The van der Waals surface area contributed by atoms with Crippen molar-refractivity contribution in [2.24, 2.45) is 16.8 Å². The van der Waals surface area contributed by atoms with Crippen LogP contribution in [0.5, 0.6) is 0 Å². The molecular formula is C33H45NNaO11P. The first-order chi connectivity index (χ1) is 21.9. The Morgan fingerprint density at radius 2 is 1.96 bits per heavy atom. The van der Waals surface area contributed by atoms with Crippen LogP contribution in [0.1, 0.15) is 57.4 Å². The molecule has 0 aromatic heterocycles. The van der Waals surface area contributed by atoms with Crippen molar-refractivity contribution in [2.45, 2.75) is 88.5 Å². The zero-order chi connectivity index (χ0) is 33.6. The quantitative estimate of drug-likeness (QED) is 0.0299. The summed E-state index contributed by atoms with van der Waals surface area (Å²) in [4.78, 5) is 35.2. The number of phosphoric ester groups is 1. The van der Waals surface area contributed by atoms with Gasteiger partial charge in [-0.2, -0.15) is 0 Å². The van der Waals surface area contributed by atoms with Crippen molar-refractivity contribution in [3.63, 3.8) is 0 Å². The second-order valence-electron chi connectivity index (χ2n) is 11.6. The minimum atomic E-state index is -5.20. The van der Waals surface area contributed by atoms with E-state index in [1.165, 1.54) is 24.3 Å². The van der Waals surface area contributed by atoms with Crippen LogP contribution in [0, 0.1) is 11.8 Å². The molecule has 14 heteroatoms. The fourth-order valence-electron chi connectivity index (χ4n) is 5.42. The summed E-state index contributed by atoms with van der Waals surface area (Å²) in [5, 5.41) is 44.8. The Kier molecular flexibility index (Phi) is 17.9. The monoisotopic (exact) mass is 685 g/mol. The SMILES string of the molecule is CC[C@H]1C=CC(=O)O[C@H]1/C=C/[C@](O)(CCN=C([O-])OCc1ccccc1)[C@@H](C[C@@H](O)/C=C\C=C/[C@@H]1CCC[C@H](O)C1)OP(=O)(O)O.[Na+]. The van der Waals surface area contributed by atoms with Crippen LogP contribution >= 0.6 is 7.82 Å². The fourth-order valence-corrected chi connectivity index (χ4v) is 6.02. The van der Waals surface area contributed by atoms with Gasteiger partial charge in [-0.05, 0) is 43.2 Å². The minimum Gasteiger partial charge on any atom is -0.596 e. The number of hydrogen-bond donors (Lipinski definition) is 5. The van der Waals surface area contributed by atoms with Gasteiger partial charge in [0.25, 0.3) is 0 Å². The standard InChI is InChI=1S/C33H46NO11P.Na/c1-2-26-15-16-31(37)44-29(26)17-18-33(39,19-20-34-32(38)43-23-25-10-4-3-5-11-25)30(45-46(40,41)42)22-28(36)13-7-6-9-24-12-8-14-27(35)21-24;/h3-7,9-11,13,15-18,24,26-30,35-36,39H,2,8,12,14,19-23H2,1H3,(H,34,38)(H2,40,41,42);/q;+1/p-1/b9-6-,13-7-,18-17+;/t24-,26+,27+,28+,29+,30-,33+;/m1./s1. The van der Waals surface area contributed by atoms with E-state index >= 15 is 0 Å². The predicted octanol–water partition coefficient (Wildman–Crippen LogP) is 0.00110. The maximum Gasteiger partial charge on any atom is 1.00 e. The van der Waals surface area contributed by atoms with Crippen molar-refractivity contribution in [1.82, 2.24) is 0 Å². The average molecular weight is 686 g/mol. The number of cyclic esters (lactones) is 1. The molecule has 1 fully saturated rings. The van der Waals surface area contributed by atoms with Gasteiger partial charge in [0.2, 0.25) is 0 Å². The van der Waals surface area contributed by atoms with Crippen molar-refractivity contribution in [1.29, 1.82) is 0 Å². The van der Waals surface area contributed by atoms with Crippen LogP contribution in [0.15, 0.2) is 83.9 Å². The van der Waals surface area contributed by atoms with Crippen LogP contribution in [0.3, 0.4) is 0 Å². The van der Waals surface area contributed by atoms with E-state index in [4.69, 9.17) is 14.0 Å². The van der Waals surface area contributed by atoms with Gasteiger partial charge in [0.15, 0.2) is 0 Å². The second kappa shape index (κ2) is 20.4. The van der Waals surface area contributed by atoms with Gasteiger partial charge in [-0.15, -0.1) is 0 Å². The third-order valence-corrected chi connectivity index (χ3v) is 8.48. The van der Waals surface area contributed by atoms with Crippen molar-refractivity contribution in [2.75, 3.05) is 6.54 Å². The second-order valence-corrected chi connectivity index (χ2v) is 12.8. The molecule has 5 N–H and O–H groups in total. The number of aliphatic hydroxyl groups is 3. The van der Waals surface area contributed by atoms with Crippen LogP contribution in [0.2, 0.25) is 0 Å². The number of carbonyl (C=O) groups excluding carboxylic acids is 1. The van der Waals surface area contributed by atoms with E-state index in [1.54, 1.807) is 42.5 Å². The van der Waals surface area contributed by atoms with E-state index < -0.39 is 50.2 Å². The van der Waals surface area contributed by atoms with Crippen LogP contribution in [-0.2, 0) is 30.0 Å². The molecule has 12 nitrogen and oxygen atoms in total. The van der Waals surface area contributed by atoms with Crippen LogP contribution < -0.4 is 34.7 Å². The third kappa shape index (κ3) is 15.3. The normalized spacial score (nSPS) is 25.0. The predicted molar refractivity (Wildman–Crippen MR) is 169 cm³/mol. The molecule has 1 aliphatic carbocycles. The molecule has 0 unspecified atom stereocenters. The number of allylic oxidation sites excluding steroid dienone is 3. The largest absolute Gasteiger partial charge is 1.00 e. The number of aliphatic imine (C=N–C) groups is 1. The summed E-state index contributed by atoms with van der Waals surface area (Å²) in [7, 11) is -5.20. The minimum absolute atomic E-state index is 0. The van der Waals surface area contributed by atoms with E-state index in [1.807, 2.05) is 19.1 Å². The number of hydrogen-bond acceptors (Lipinski definition) is 10. The van der Waals surface area contributed by atoms with Gasteiger partial charge in [0.05, 0.1) is 12.2 Å². The van der Waals surface area contributed by atoms with Gasteiger partial charge >= 0.3 is 43.3 Å². The summed E-state index contributed by atoms with van der Waals surface area (Å²) in [5.74, 6) is -0.605. The molecule has 1 heterocycles. The first-order valence-corrected chi connectivity index (χ1v) is 17.0. The molecule has 1 aromatic carbocycles. The molecule has 1 saturated carbocycles. The smallest absolute Gasteiger partial charge is 0.596 e. The first-order valence-electron chi connectivity index (χ1n) is 15.5. The molecule has 7 atom stereocenters. The summed E-state index contributed by atoms with van der Waals surface area (Å²) in [6, 6.07) is 8.94.